The minimum absolute atomic E-state index is 0.150. The van der Waals surface area contributed by atoms with Crippen molar-refractivity contribution in [3.8, 4) is 17.2 Å². The molecule has 1 atom stereocenters. The lowest BCUT2D eigenvalue weighted by atomic mass is 9.97. The molecule has 1 amide bonds. The minimum atomic E-state index is -0.347. The fourth-order valence-corrected chi connectivity index (χ4v) is 3.01. The van der Waals surface area contributed by atoms with E-state index in [0.717, 1.165) is 11.3 Å². The van der Waals surface area contributed by atoms with Crippen molar-refractivity contribution in [2.75, 3.05) is 14.2 Å². The first-order valence-electron chi connectivity index (χ1n) is 7.92. The Hall–Kier alpha value is -3.02. The molecule has 0 fully saturated rings. The van der Waals surface area contributed by atoms with Gasteiger partial charge >= 0.3 is 0 Å². The number of para-hydroxylation sites is 1. The molecule has 3 rings (SSSR count). The van der Waals surface area contributed by atoms with Gasteiger partial charge in [-0.25, -0.2) is 5.01 Å². The van der Waals surface area contributed by atoms with Crippen LogP contribution in [0.15, 0.2) is 47.6 Å². The van der Waals surface area contributed by atoms with Crippen LogP contribution in [0.3, 0.4) is 0 Å². The van der Waals surface area contributed by atoms with Crippen LogP contribution < -0.4 is 9.47 Å². The summed E-state index contributed by atoms with van der Waals surface area (Å²) < 4.78 is 10.7. The van der Waals surface area contributed by atoms with Crippen LogP contribution in [0.25, 0.3) is 0 Å². The second kappa shape index (κ2) is 6.84. The molecule has 0 spiro atoms. The number of methoxy groups -OCH3 is 2. The number of hydrogen-bond donors (Lipinski definition) is 1. The number of phenolic OH excluding ortho intramolecular Hbond substituents is 1. The molecule has 1 heterocycles. The van der Waals surface area contributed by atoms with E-state index in [1.54, 1.807) is 38.5 Å². The van der Waals surface area contributed by atoms with Gasteiger partial charge in [0, 0.05) is 30.5 Å². The molecule has 0 unspecified atom stereocenters. The monoisotopic (exact) mass is 340 g/mol. The van der Waals surface area contributed by atoms with Crippen LogP contribution in [0.1, 0.15) is 30.5 Å². The highest BCUT2D eigenvalue weighted by atomic mass is 16.5. The molecule has 0 aliphatic carbocycles. The minimum Gasteiger partial charge on any atom is -0.508 e. The highest BCUT2D eigenvalue weighted by Gasteiger charge is 2.33. The van der Waals surface area contributed by atoms with Crippen molar-refractivity contribution in [3.05, 3.63) is 53.6 Å². The number of rotatable bonds is 4. The number of amides is 1. The molecular formula is C19H20N2O4. The number of carbonyl (C=O) groups excluding carboxylic acids is 1. The predicted molar refractivity (Wildman–Crippen MR) is 94.1 cm³/mol. The van der Waals surface area contributed by atoms with Crippen molar-refractivity contribution in [2.24, 2.45) is 5.10 Å². The molecule has 130 valence electrons. The molecule has 1 aliphatic heterocycles. The predicted octanol–water partition coefficient (Wildman–Crippen LogP) is 3.11. The van der Waals surface area contributed by atoms with E-state index in [1.807, 2.05) is 18.2 Å². The lowest BCUT2D eigenvalue weighted by Gasteiger charge is -2.21. The van der Waals surface area contributed by atoms with Gasteiger partial charge in [-0.15, -0.1) is 0 Å². The number of hydrogen-bond acceptors (Lipinski definition) is 5. The third-order valence-electron chi connectivity index (χ3n) is 4.25. The number of hydrazone groups is 1. The zero-order valence-corrected chi connectivity index (χ0v) is 14.4. The number of ether oxygens (including phenoxy) is 2. The number of nitrogens with zero attached hydrogens (tertiary/aromatic N) is 2. The highest BCUT2D eigenvalue weighted by molar-refractivity contribution is 6.05. The van der Waals surface area contributed by atoms with Crippen LogP contribution in [0.5, 0.6) is 17.2 Å². The SMILES string of the molecule is COc1ccc(C2=NN(C(C)=O)[C@H](c3ccccc3O)C2)c(OC)c1. The summed E-state index contributed by atoms with van der Waals surface area (Å²) in [6, 6.07) is 12.1. The van der Waals surface area contributed by atoms with E-state index in [2.05, 4.69) is 5.10 Å². The fraction of sp³-hybridized carbons (Fsp3) is 0.263. The van der Waals surface area contributed by atoms with Gasteiger partial charge in [0.1, 0.15) is 17.2 Å². The first-order chi connectivity index (χ1) is 12.0. The number of benzene rings is 2. The summed E-state index contributed by atoms with van der Waals surface area (Å²) in [4.78, 5) is 12.1. The van der Waals surface area contributed by atoms with Gasteiger partial charge in [-0.2, -0.15) is 5.10 Å². The van der Waals surface area contributed by atoms with E-state index in [0.29, 0.717) is 23.5 Å². The second-order valence-corrected chi connectivity index (χ2v) is 5.76. The van der Waals surface area contributed by atoms with Crippen molar-refractivity contribution >= 4 is 11.6 Å². The van der Waals surface area contributed by atoms with Crippen LogP contribution in [0.2, 0.25) is 0 Å². The van der Waals surface area contributed by atoms with E-state index < -0.39 is 0 Å². The summed E-state index contributed by atoms with van der Waals surface area (Å²) in [5, 5.41) is 16.1. The third kappa shape index (κ3) is 3.15. The molecule has 0 saturated heterocycles. The lowest BCUT2D eigenvalue weighted by Crippen LogP contribution is -2.24. The van der Waals surface area contributed by atoms with Crippen LogP contribution in [-0.2, 0) is 4.79 Å². The summed E-state index contributed by atoms with van der Waals surface area (Å²) in [5.41, 5.74) is 2.19. The molecule has 0 radical (unpaired) electrons. The maximum atomic E-state index is 12.1. The van der Waals surface area contributed by atoms with Gasteiger partial charge < -0.3 is 14.6 Å². The highest BCUT2D eigenvalue weighted by Crippen LogP contribution is 2.38. The standard InChI is InChI=1S/C19H20N2O4/c1-12(22)21-17(15-6-4-5-7-18(15)23)11-16(20-21)14-9-8-13(24-2)10-19(14)25-3/h4-10,17,23H,11H2,1-3H3/t17-/m0/s1. The number of carbonyl (C=O) groups is 1. The normalized spacial score (nSPS) is 16.5. The molecule has 6 heteroatoms. The second-order valence-electron chi connectivity index (χ2n) is 5.76. The lowest BCUT2D eigenvalue weighted by molar-refractivity contribution is -0.130. The maximum Gasteiger partial charge on any atom is 0.240 e. The molecule has 25 heavy (non-hydrogen) atoms. The largest absolute Gasteiger partial charge is 0.508 e. The zero-order chi connectivity index (χ0) is 18.0. The summed E-state index contributed by atoms with van der Waals surface area (Å²) >= 11 is 0. The Kier molecular flexibility index (Phi) is 4.61. The number of phenols is 1. The molecule has 0 bridgehead atoms. The maximum absolute atomic E-state index is 12.1. The Morgan fingerprint density at radius 3 is 2.60 bits per heavy atom. The van der Waals surface area contributed by atoms with Crippen molar-refractivity contribution in [1.82, 2.24) is 5.01 Å². The van der Waals surface area contributed by atoms with Gasteiger partial charge in [0.05, 0.1) is 26.0 Å². The quantitative estimate of drug-likeness (QED) is 0.928. The topological polar surface area (TPSA) is 71.4 Å². The zero-order valence-electron chi connectivity index (χ0n) is 14.4. The first-order valence-corrected chi connectivity index (χ1v) is 7.92. The van der Waals surface area contributed by atoms with Crippen molar-refractivity contribution in [3.63, 3.8) is 0 Å². The van der Waals surface area contributed by atoms with Gasteiger partial charge in [-0.3, -0.25) is 4.79 Å². The number of aromatic hydroxyl groups is 1. The van der Waals surface area contributed by atoms with E-state index in [1.165, 1.54) is 11.9 Å². The third-order valence-corrected chi connectivity index (χ3v) is 4.25. The Morgan fingerprint density at radius 1 is 1.20 bits per heavy atom. The molecule has 2 aromatic rings. The molecule has 0 saturated carbocycles. The fourth-order valence-electron chi connectivity index (χ4n) is 3.01. The van der Waals surface area contributed by atoms with E-state index >= 15 is 0 Å². The summed E-state index contributed by atoms with van der Waals surface area (Å²) in [6.45, 7) is 1.46. The first kappa shape index (κ1) is 16.8. The van der Waals surface area contributed by atoms with Gasteiger partial charge in [0.15, 0.2) is 0 Å². The summed E-state index contributed by atoms with van der Waals surface area (Å²) in [7, 11) is 3.17. The van der Waals surface area contributed by atoms with Crippen LogP contribution in [-0.4, -0.2) is 36.0 Å². The Balaban J connectivity index is 2.01. The van der Waals surface area contributed by atoms with Crippen molar-refractivity contribution in [2.45, 2.75) is 19.4 Å². The smallest absolute Gasteiger partial charge is 0.240 e. The van der Waals surface area contributed by atoms with Gasteiger partial charge in [0.25, 0.3) is 0 Å². The molecular weight excluding hydrogens is 320 g/mol. The average molecular weight is 340 g/mol. The van der Waals surface area contributed by atoms with Gasteiger partial charge in [-0.1, -0.05) is 18.2 Å². The van der Waals surface area contributed by atoms with Crippen LogP contribution in [0.4, 0.5) is 0 Å². The van der Waals surface area contributed by atoms with Gasteiger partial charge in [0.2, 0.25) is 5.91 Å². The molecule has 0 aromatic heterocycles. The molecule has 2 aromatic carbocycles. The molecule has 6 nitrogen and oxygen atoms in total. The molecule has 1 aliphatic rings. The Bertz CT molecular complexity index is 832. The van der Waals surface area contributed by atoms with E-state index in [4.69, 9.17) is 9.47 Å². The van der Waals surface area contributed by atoms with Gasteiger partial charge in [-0.05, 0) is 18.2 Å². The average Bonchev–Trinajstić information content (AvgIpc) is 3.06. The van der Waals surface area contributed by atoms with Crippen LogP contribution >= 0.6 is 0 Å². The Morgan fingerprint density at radius 2 is 1.96 bits per heavy atom. The van der Waals surface area contributed by atoms with Crippen LogP contribution in [0, 0.1) is 0 Å². The summed E-state index contributed by atoms with van der Waals surface area (Å²) in [6.07, 6.45) is 0.486. The Labute approximate surface area is 146 Å². The van der Waals surface area contributed by atoms with E-state index in [9.17, 15) is 9.90 Å². The molecule has 1 N–H and O–H groups in total. The summed E-state index contributed by atoms with van der Waals surface area (Å²) in [5.74, 6) is 1.27. The van der Waals surface area contributed by atoms with Crippen molar-refractivity contribution in [1.29, 1.82) is 0 Å². The van der Waals surface area contributed by atoms with E-state index in [-0.39, 0.29) is 17.7 Å². The van der Waals surface area contributed by atoms with Crippen molar-refractivity contribution < 1.29 is 19.4 Å².